The van der Waals surface area contributed by atoms with Crippen LogP contribution >= 0.6 is 0 Å². The molecule has 1 aromatic carbocycles. The molecule has 6 rings (SSSR count). The summed E-state index contributed by atoms with van der Waals surface area (Å²) >= 11 is 0. The molecule has 1 saturated heterocycles. The zero-order valence-corrected chi connectivity index (χ0v) is 28.1. The van der Waals surface area contributed by atoms with Crippen molar-refractivity contribution in [2.45, 2.75) is 152 Å². The van der Waals surface area contributed by atoms with E-state index < -0.39 is 17.8 Å². The van der Waals surface area contributed by atoms with Gasteiger partial charge in [-0.25, -0.2) is 9.97 Å². The van der Waals surface area contributed by atoms with Crippen LogP contribution in [0, 0.1) is 5.92 Å². The predicted octanol–water partition coefficient (Wildman–Crippen LogP) is 7.08. The average Bonchev–Trinajstić information content (AvgIpc) is 3.40. The van der Waals surface area contributed by atoms with Crippen LogP contribution in [0.15, 0.2) is 18.2 Å². The van der Waals surface area contributed by atoms with Crippen molar-refractivity contribution in [3.05, 3.63) is 29.6 Å². The third-order valence-corrected chi connectivity index (χ3v) is 10.8. The number of nitrogens with one attached hydrogen (secondary N) is 3. The summed E-state index contributed by atoms with van der Waals surface area (Å²) in [6.45, 7) is 7.13. The highest BCUT2D eigenvalue weighted by atomic mass is 19.4. The Morgan fingerprint density at radius 1 is 0.851 bits per heavy atom. The molecule has 3 N–H and O–H groups in total. The van der Waals surface area contributed by atoms with Crippen molar-refractivity contribution in [1.29, 1.82) is 0 Å². The number of benzene rings is 1. The fraction of sp³-hybridized carbons (Fsp3) is 0.722. The molecule has 4 aliphatic rings. The Kier molecular flexibility index (Phi) is 10.0. The highest BCUT2D eigenvalue weighted by molar-refractivity contribution is 5.93. The summed E-state index contributed by atoms with van der Waals surface area (Å²) in [6, 6.07) is 3.76. The van der Waals surface area contributed by atoms with Crippen LogP contribution in [0.5, 0.6) is 0 Å². The number of amides is 2. The van der Waals surface area contributed by atoms with E-state index in [1.54, 1.807) is 0 Å². The normalized spacial score (nSPS) is 28.1. The first-order valence-corrected chi connectivity index (χ1v) is 17.9. The van der Waals surface area contributed by atoms with E-state index in [0.29, 0.717) is 36.2 Å². The first-order chi connectivity index (χ1) is 22.3. The Morgan fingerprint density at radius 3 is 2.19 bits per heavy atom. The Balaban J connectivity index is 1.15. The molecule has 1 atom stereocenters. The lowest BCUT2D eigenvalue weighted by Crippen LogP contribution is -2.49. The van der Waals surface area contributed by atoms with Gasteiger partial charge in [-0.2, -0.15) is 13.2 Å². The van der Waals surface area contributed by atoms with Gasteiger partial charge < -0.3 is 20.9 Å². The Morgan fingerprint density at radius 2 is 1.53 bits per heavy atom. The van der Waals surface area contributed by atoms with Crippen molar-refractivity contribution in [2.24, 2.45) is 5.92 Å². The van der Waals surface area contributed by atoms with Gasteiger partial charge in [0, 0.05) is 47.4 Å². The maximum absolute atomic E-state index is 13.7. The van der Waals surface area contributed by atoms with E-state index in [0.717, 1.165) is 89.2 Å². The fourth-order valence-electron chi connectivity index (χ4n) is 8.30. The lowest BCUT2D eigenvalue weighted by atomic mass is 9.84. The van der Waals surface area contributed by atoms with Gasteiger partial charge in [0.1, 0.15) is 17.7 Å². The van der Waals surface area contributed by atoms with Crippen molar-refractivity contribution in [3.8, 4) is 0 Å². The second-order valence-corrected chi connectivity index (χ2v) is 15.5. The number of carbonyl (C=O) groups is 2. The largest absolute Gasteiger partial charge is 0.416 e. The molecule has 0 bridgehead atoms. The SMILES string of the molecule is CC(C)(C)NC1CCC(N2CCC(Nc3nc(C4CCC(NC(=O)C5CCCCC5)CC4)nc4ccc(C(F)(F)F)cc34)C2=O)CC1. The molecular weight excluding hydrogens is 605 g/mol. The summed E-state index contributed by atoms with van der Waals surface area (Å²) in [5.74, 6) is 1.19. The Labute approximate surface area is 276 Å². The van der Waals surface area contributed by atoms with E-state index in [1.807, 2.05) is 4.90 Å². The van der Waals surface area contributed by atoms with Gasteiger partial charge in [0.05, 0.1) is 11.1 Å². The van der Waals surface area contributed by atoms with E-state index in [-0.39, 0.29) is 46.7 Å². The van der Waals surface area contributed by atoms with Crippen LogP contribution in [0.2, 0.25) is 0 Å². The second-order valence-electron chi connectivity index (χ2n) is 15.5. The number of anilines is 1. The van der Waals surface area contributed by atoms with Crippen molar-refractivity contribution in [2.75, 3.05) is 11.9 Å². The van der Waals surface area contributed by atoms with Gasteiger partial charge in [-0.1, -0.05) is 19.3 Å². The summed E-state index contributed by atoms with van der Waals surface area (Å²) in [4.78, 5) is 38.1. The topological polar surface area (TPSA) is 99.2 Å². The summed E-state index contributed by atoms with van der Waals surface area (Å²) in [6.07, 6.45) is 8.52. The summed E-state index contributed by atoms with van der Waals surface area (Å²) in [7, 11) is 0. The highest BCUT2D eigenvalue weighted by Gasteiger charge is 2.39. The van der Waals surface area contributed by atoms with Gasteiger partial charge in [-0.3, -0.25) is 9.59 Å². The first kappa shape index (κ1) is 33.9. The molecule has 2 heterocycles. The van der Waals surface area contributed by atoms with Crippen LogP contribution in [0.4, 0.5) is 19.0 Å². The van der Waals surface area contributed by atoms with Gasteiger partial charge in [0.25, 0.3) is 0 Å². The van der Waals surface area contributed by atoms with Crippen molar-refractivity contribution >= 4 is 28.5 Å². The van der Waals surface area contributed by atoms with E-state index in [9.17, 15) is 22.8 Å². The molecule has 4 fully saturated rings. The smallest absolute Gasteiger partial charge is 0.358 e. The summed E-state index contributed by atoms with van der Waals surface area (Å²) in [5.41, 5.74) is -0.283. The number of likely N-dealkylation sites (tertiary alicyclic amines) is 1. The quantitative estimate of drug-likeness (QED) is 0.295. The molecule has 258 valence electrons. The molecule has 8 nitrogen and oxygen atoms in total. The van der Waals surface area contributed by atoms with Crippen molar-refractivity contribution < 1.29 is 22.8 Å². The fourth-order valence-corrected chi connectivity index (χ4v) is 8.30. The molecule has 47 heavy (non-hydrogen) atoms. The first-order valence-electron chi connectivity index (χ1n) is 17.9. The summed E-state index contributed by atoms with van der Waals surface area (Å²) < 4.78 is 41.2. The third-order valence-electron chi connectivity index (χ3n) is 10.8. The zero-order chi connectivity index (χ0) is 33.3. The summed E-state index contributed by atoms with van der Waals surface area (Å²) in [5, 5.41) is 10.5. The second kappa shape index (κ2) is 13.9. The molecule has 11 heteroatoms. The standard InChI is InChI=1S/C36H51F3N6O2/c1-35(2,3)44-26-14-16-27(17-15-26)45-20-19-30(34(45)47)42-32-28-21-24(36(37,38)39)11-18-29(28)41-31(43-32)22-9-12-25(13-10-22)40-33(46)23-7-5-4-6-8-23/h11,18,21-23,25-27,30,44H,4-10,12-17,19-20H2,1-3H3,(H,40,46)(H,41,42,43). The average molecular weight is 657 g/mol. The lowest BCUT2D eigenvalue weighted by Gasteiger charge is -2.37. The van der Waals surface area contributed by atoms with Crippen LogP contribution < -0.4 is 16.0 Å². The number of carbonyl (C=O) groups excluding carboxylic acids is 2. The molecule has 2 amide bonds. The number of alkyl halides is 3. The number of fused-ring (bicyclic) bond motifs is 1. The molecule has 1 aromatic heterocycles. The van der Waals surface area contributed by atoms with Gasteiger partial charge in [-0.05, 0) is 110 Å². The van der Waals surface area contributed by atoms with Crippen LogP contribution in [-0.2, 0) is 15.8 Å². The highest BCUT2D eigenvalue weighted by Crippen LogP contribution is 2.37. The van der Waals surface area contributed by atoms with Gasteiger partial charge in [0.15, 0.2) is 0 Å². The minimum Gasteiger partial charge on any atom is -0.358 e. The Hall–Kier alpha value is -2.95. The minimum atomic E-state index is -4.51. The van der Waals surface area contributed by atoms with Crippen LogP contribution in [-0.4, -0.2) is 62.9 Å². The van der Waals surface area contributed by atoms with Gasteiger partial charge >= 0.3 is 6.18 Å². The van der Waals surface area contributed by atoms with E-state index in [2.05, 4.69) is 36.7 Å². The number of rotatable bonds is 7. The van der Waals surface area contributed by atoms with E-state index >= 15 is 0 Å². The molecule has 0 radical (unpaired) electrons. The molecule has 0 spiro atoms. The maximum atomic E-state index is 13.7. The monoisotopic (exact) mass is 656 g/mol. The predicted molar refractivity (Wildman–Crippen MR) is 177 cm³/mol. The van der Waals surface area contributed by atoms with Gasteiger partial charge in [0.2, 0.25) is 11.8 Å². The molecule has 1 unspecified atom stereocenters. The molecule has 3 saturated carbocycles. The van der Waals surface area contributed by atoms with Crippen LogP contribution in [0.1, 0.15) is 128 Å². The number of hydrogen-bond donors (Lipinski definition) is 3. The van der Waals surface area contributed by atoms with E-state index in [1.165, 1.54) is 12.5 Å². The zero-order valence-electron chi connectivity index (χ0n) is 28.1. The maximum Gasteiger partial charge on any atom is 0.416 e. The molecule has 1 aliphatic heterocycles. The number of aromatic nitrogens is 2. The third kappa shape index (κ3) is 8.20. The molecule has 2 aromatic rings. The van der Waals surface area contributed by atoms with Crippen molar-refractivity contribution in [1.82, 2.24) is 25.5 Å². The van der Waals surface area contributed by atoms with E-state index in [4.69, 9.17) is 9.97 Å². The van der Waals surface area contributed by atoms with Crippen LogP contribution in [0.25, 0.3) is 10.9 Å². The van der Waals surface area contributed by atoms with Gasteiger partial charge in [-0.15, -0.1) is 0 Å². The van der Waals surface area contributed by atoms with Crippen LogP contribution in [0.3, 0.4) is 0 Å². The number of hydrogen-bond acceptors (Lipinski definition) is 6. The molecular formula is C36H51F3N6O2. The van der Waals surface area contributed by atoms with Crippen molar-refractivity contribution in [3.63, 3.8) is 0 Å². The number of halogens is 3. The Bertz CT molecular complexity index is 1420. The number of nitrogens with zero attached hydrogens (tertiary/aromatic N) is 3. The molecule has 3 aliphatic carbocycles. The minimum absolute atomic E-state index is 0.00765. The lowest BCUT2D eigenvalue weighted by molar-refractivity contribution is -0.137.